The maximum absolute atomic E-state index is 12.1. The Labute approximate surface area is 125 Å². The van der Waals surface area contributed by atoms with Gasteiger partial charge in [-0.2, -0.15) is 5.10 Å². The third kappa shape index (κ3) is 3.83. The molecule has 2 rings (SSSR count). The van der Waals surface area contributed by atoms with Crippen molar-refractivity contribution in [3.63, 3.8) is 0 Å². The molecule has 0 radical (unpaired) electrons. The lowest BCUT2D eigenvalue weighted by Crippen LogP contribution is -2.26. The molecule has 7 heteroatoms. The van der Waals surface area contributed by atoms with Crippen molar-refractivity contribution in [1.82, 2.24) is 14.5 Å². The number of nitrogen functional groups attached to an aromatic ring is 1. The molecule has 114 valence electrons. The Morgan fingerprint density at radius 1 is 1.33 bits per heavy atom. The number of nitrogens with zero attached hydrogens (tertiary/aromatic N) is 2. The number of aryl methyl sites for hydroxylation is 1. The van der Waals surface area contributed by atoms with Crippen LogP contribution in [-0.4, -0.2) is 24.7 Å². The fraction of sp³-hybridized carbons (Fsp3) is 0.357. The van der Waals surface area contributed by atoms with Gasteiger partial charge in [-0.1, -0.05) is 37.3 Å². The van der Waals surface area contributed by atoms with Crippen molar-refractivity contribution in [2.24, 2.45) is 7.05 Å². The zero-order valence-corrected chi connectivity index (χ0v) is 13.0. The predicted octanol–water partition coefficient (Wildman–Crippen LogP) is 1.47. The van der Waals surface area contributed by atoms with Gasteiger partial charge < -0.3 is 5.73 Å². The second-order valence-electron chi connectivity index (χ2n) is 5.05. The molecule has 1 atom stereocenters. The Kier molecular flexibility index (Phi) is 4.64. The lowest BCUT2D eigenvalue weighted by molar-refractivity contribution is 0.572. The number of rotatable bonds is 6. The highest BCUT2D eigenvalue weighted by atomic mass is 32.2. The monoisotopic (exact) mass is 308 g/mol. The zero-order valence-electron chi connectivity index (χ0n) is 12.2. The van der Waals surface area contributed by atoms with E-state index in [1.165, 1.54) is 16.4 Å². The first-order chi connectivity index (χ1) is 9.90. The van der Waals surface area contributed by atoms with Gasteiger partial charge in [-0.15, -0.1) is 0 Å². The highest BCUT2D eigenvalue weighted by molar-refractivity contribution is 7.89. The van der Waals surface area contributed by atoms with Crippen molar-refractivity contribution in [2.45, 2.75) is 24.2 Å². The summed E-state index contributed by atoms with van der Waals surface area (Å²) in [5.41, 5.74) is 6.79. The number of nitrogens with two attached hydrogens (primary N) is 1. The van der Waals surface area contributed by atoms with Crippen LogP contribution >= 0.6 is 0 Å². The highest BCUT2D eigenvalue weighted by Crippen LogP contribution is 2.19. The van der Waals surface area contributed by atoms with E-state index >= 15 is 0 Å². The van der Waals surface area contributed by atoms with Crippen LogP contribution < -0.4 is 10.5 Å². The number of anilines is 1. The number of aromatic nitrogens is 2. The van der Waals surface area contributed by atoms with Crippen LogP contribution in [0.3, 0.4) is 0 Å². The molecule has 1 unspecified atom stereocenters. The largest absolute Gasteiger partial charge is 0.381 e. The predicted molar refractivity (Wildman–Crippen MR) is 82.3 cm³/mol. The average molecular weight is 308 g/mol. The van der Waals surface area contributed by atoms with Gasteiger partial charge in [0, 0.05) is 19.8 Å². The second-order valence-corrected chi connectivity index (χ2v) is 6.79. The number of sulfonamides is 1. The van der Waals surface area contributed by atoms with Gasteiger partial charge in [0.05, 0.1) is 0 Å². The van der Waals surface area contributed by atoms with Crippen molar-refractivity contribution in [3.8, 4) is 0 Å². The molecule has 2 aromatic rings. The molecule has 1 aromatic heterocycles. The fourth-order valence-corrected chi connectivity index (χ4v) is 3.28. The lowest BCUT2D eigenvalue weighted by atomic mass is 9.98. The van der Waals surface area contributed by atoms with Crippen molar-refractivity contribution >= 4 is 15.8 Å². The van der Waals surface area contributed by atoms with Gasteiger partial charge in [0.15, 0.2) is 5.82 Å². The van der Waals surface area contributed by atoms with E-state index in [4.69, 9.17) is 5.73 Å². The Morgan fingerprint density at radius 3 is 2.57 bits per heavy atom. The molecule has 0 aliphatic heterocycles. The topological polar surface area (TPSA) is 90.0 Å². The minimum Gasteiger partial charge on any atom is -0.381 e. The molecule has 0 amide bonds. The van der Waals surface area contributed by atoms with E-state index in [0.717, 1.165) is 0 Å². The maximum Gasteiger partial charge on any atom is 0.245 e. The molecule has 0 saturated heterocycles. The summed E-state index contributed by atoms with van der Waals surface area (Å²) in [4.78, 5) is 0.0253. The number of benzene rings is 1. The Hall–Kier alpha value is -1.86. The molecule has 0 aliphatic rings. The first-order valence-corrected chi connectivity index (χ1v) is 8.22. The van der Waals surface area contributed by atoms with E-state index in [2.05, 4.69) is 16.7 Å². The molecule has 1 heterocycles. The van der Waals surface area contributed by atoms with E-state index in [-0.39, 0.29) is 16.6 Å². The van der Waals surface area contributed by atoms with Gasteiger partial charge in [0.1, 0.15) is 4.90 Å². The maximum atomic E-state index is 12.1. The van der Waals surface area contributed by atoms with Crippen LogP contribution in [0.15, 0.2) is 41.4 Å². The third-order valence-electron chi connectivity index (χ3n) is 3.35. The van der Waals surface area contributed by atoms with Gasteiger partial charge in [-0.05, 0) is 17.9 Å². The van der Waals surface area contributed by atoms with Crippen LogP contribution in [0.1, 0.15) is 24.8 Å². The molecule has 1 aromatic carbocycles. The summed E-state index contributed by atoms with van der Waals surface area (Å²) in [7, 11) is -1.97. The van der Waals surface area contributed by atoms with Crippen molar-refractivity contribution in [1.29, 1.82) is 0 Å². The van der Waals surface area contributed by atoms with Crippen molar-refractivity contribution in [3.05, 3.63) is 42.1 Å². The Bertz CT molecular complexity index is 695. The summed E-state index contributed by atoms with van der Waals surface area (Å²) in [5, 5.41) is 3.84. The van der Waals surface area contributed by atoms with Crippen molar-refractivity contribution in [2.75, 3.05) is 12.3 Å². The smallest absolute Gasteiger partial charge is 0.245 e. The van der Waals surface area contributed by atoms with Gasteiger partial charge in [-0.3, -0.25) is 4.68 Å². The Balaban J connectivity index is 1.95. The number of hydrogen-bond acceptors (Lipinski definition) is 4. The van der Waals surface area contributed by atoms with Crippen molar-refractivity contribution < 1.29 is 8.42 Å². The summed E-state index contributed by atoms with van der Waals surface area (Å²) in [6.07, 6.45) is 2.11. The normalized spacial score (nSPS) is 13.2. The van der Waals surface area contributed by atoms with Gasteiger partial charge in [0.25, 0.3) is 0 Å². The van der Waals surface area contributed by atoms with E-state index < -0.39 is 10.0 Å². The summed E-state index contributed by atoms with van der Waals surface area (Å²) in [6.45, 7) is 2.43. The van der Waals surface area contributed by atoms with E-state index in [0.29, 0.717) is 13.0 Å². The minimum absolute atomic E-state index is 0.0149. The fourth-order valence-electron chi connectivity index (χ4n) is 2.13. The van der Waals surface area contributed by atoms with Crippen LogP contribution in [0.2, 0.25) is 0 Å². The summed E-state index contributed by atoms with van der Waals surface area (Å²) < 4.78 is 28.2. The van der Waals surface area contributed by atoms with Crippen LogP contribution in [0.5, 0.6) is 0 Å². The van der Waals surface area contributed by atoms with E-state index in [1.807, 2.05) is 30.3 Å². The summed E-state index contributed by atoms with van der Waals surface area (Å²) in [5.74, 6) is 0.293. The van der Waals surface area contributed by atoms with Crippen LogP contribution in [0, 0.1) is 0 Å². The second kappa shape index (κ2) is 6.28. The van der Waals surface area contributed by atoms with Gasteiger partial charge in [0.2, 0.25) is 10.0 Å². The quantitative estimate of drug-likeness (QED) is 0.845. The molecule has 0 spiro atoms. The molecule has 0 bridgehead atoms. The molecular weight excluding hydrogens is 288 g/mol. The van der Waals surface area contributed by atoms with E-state index in [9.17, 15) is 8.42 Å². The summed E-state index contributed by atoms with van der Waals surface area (Å²) >= 11 is 0. The first kappa shape index (κ1) is 15.5. The molecular formula is C14H20N4O2S. The van der Waals surface area contributed by atoms with Gasteiger partial charge in [-0.25, -0.2) is 13.1 Å². The van der Waals surface area contributed by atoms with Crippen LogP contribution in [-0.2, 0) is 17.1 Å². The summed E-state index contributed by atoms with van der Waals surface area (Å²) in [6, 6.07) is 10.00. The molecule has 0 saturated carbocycles. The van der Waals surface area contributed by atoms with E-state index in [1.54, 1.807) is 7.05 Å². The average Bonchev–Trinajstić information content (AvgIpc) is 2.79. The number of nitrogens with one attached hydrogen (secondary N) is 1. The lowest BCUT2D eigenvalue weighted by Gasteiger charge is -2.12. The highest BCUT2D eigenvalue weighted by Gasteiger charge is 2.20. The molecule has 21 heavy (non-hydrogen) atoms. The molecule has 3 N–H and O–H groups in total. The Morgan fingerprint density at radius 2 is 2.00 bits per heavy atom. The standard InChI is InChI=1S/C14H20N4O2S/c1-11(12-6-4-3-5-7-12)8-9-16-21(19,20)13-10-18(2)17-14(13)15/h3-7,10-11,16H,8-9H2,1-2H3,(H2,15,17). The number of hydrogen-bond donors (Lipinski definition) is 2. The minimum atomic E-state index is -3.61. The first-order valence-electron chi connectivity index (χ1n) is 6.74. The molecule has 0 fully saturated rings. The van der Waals surface area contributed by atoms with Gasteiger partial charge >= 0.3 is 0 Å². The zero-order chi connectivity index (χ0) is 15.5. The van der Waals surface area contributed by atoms with Crippen LogP contribution in [0.4, 0.5) is 5.82 Å². The molecule has 0 aliphatic carbocycles. The third-order valence-corrected chi connectivity index (χ3v) is 4.83. The molecule has 6 nitrogen and oxygen atoms in total. The van der Waals surface area contributed by atoms with Crippen LogP contribution in [0.25, 0.3) is 0 Å². The SMILES string of the molecule is CC(CCNS(=O)(=O)c1cn(C)nc1N)c1ccccc1.